The van der Waals surface area contributed by atoms with Crippen LogP contribution in [0.4, 0.5) is 5.82 Å². The molecule has 0 spiro atoms. The maximum Gasteiger partial charge on any atom is 0.167 e. The molecule has 1 saturated carbocycles. The average molecular weight is 465 g/mol. The van der Waals surface area contributed by atoms with Crippen LogP contribution in [-0.4, -0.2) is 70.6 Å². The van der Waals surface area contributed by atoms with Gasteiger partial charge in [-0.1, -0.05) is 12.1 Å². The molecule has 4 atom stereocenters. The lowest BCUT2D eigenvalue weighted by Crippen LogP contribution is -2.46. The fourth-order valence-electron chi connectivity index (χ4n) is 5.07. The fraction of sp³-hybridized carbons (Fsp3) is 0.478. The normalized spacial score (nSPS) is 29.1. The van der Waals surface area contributed by atoms with Crippen molar-refractivity contribution in [3.05, 3.63) is 42.7 Å². The van der Waals surface area contributed by atoms with Gasteiger partial charge in [0.2, 0.25) is 0 Å². The van der Waals surface area contributed by atoms with Crippen molar-refractivity contribution in [2.75, 3.05) is 12.3 Å². The number of H-pyrrole nitrogens is 1. The summed E-state index contributed by atoms with van der Waals surface area (Å²) in [5, 5.41) is 24.6. The molecular formula is C23H28N8O3. The van der Waals surface area contributed by atoms with Gasteiger partial charge in [0.25, 0.3) is 0 Å². The quantitative estimate of drug-likeness (QED) is 0.268. The molecule has 4 aromatic rings. The van der Waals surface area contributed by atoms with Crippen molar-refractivity contribution >= 4 is 28.0 Å². The number of aryl methyl sites for hydroxylation is 1. The molecule has 6 N–H and O–H groups in total. The van der Waals surface area contributed by atoms with Crippen LogP contribution in [0.5, 0.6) is 0 Å². The molecule has 0 amide bonds. The van der Waals surface area contributed by atoms with Crippen LogP contribution in [0.1, 0.15) is 31.3 Å². The molecule has 1 saturated heterocycles. The fourth-order valence-corrected chi connectivity index (χ4v) is 5.07. The Balaban J connectivity index is 0.995. The van der Waals surface area contributed by atoms with E-state index in [9.17, 15) is 10.2 Å². The number of hydrogen-bond acceptors (Lipinski definition) is 9. The van der Waals surface area contributed by atoms with Crippen LogP contribution in [0.15, 0.2) is 36.9 Å². The predicted octanol–water partition coefficient (Wildman–Crippen LogP) is 0.905. The van der Waals surface area contributed by atoms with Crippen molar-refractivity contribution < 1.29 is 14.9 Å². The van der Waals surface area contributed by atoms with Crippen molar-refractivity contribution in [2.24, 2.45) is 5.92 Å². The van der Waals surface area contributed by atoms with Crippen molar-refractivity contribution in [1.29, 1.82) is 0 Å². The monoisotopic (exact) mass is 464 g/mol. The molecule has 1 aromatic carbocycles. The highest BCUT2D eigenvalue weighted by atomic mass is 16.6. The number of ether oxygens (including phenoxy) is 1. The van der Waals surface area contributed by atoms with Crippen LogP contribution < -0.4 is 11.1 Å². The molecule has 6 rings (SSSR count). The van der Waals surface area contributed by atoms with Crippen LogP contribution in [0.3, 0.4) is 0 Å². The molecule has 1 aliphatic heterocycles. The number of nitrogens with zero attached hydrogens (tertiary/aromatic N) is 5. The minimum absolute atomic E-state index is 0.259. The second kappa shape index (κ2) is 8.58. The third-order valence-corrected chi connectivity index (χ3v) is 7.07. The van der Waals surface area contributed by atoms with Gasteiger partial charge < -0.3 is 31.0 Å². The van der Waals surface area contributed by atoms with Gasteiger partial charge in [0.15, 0.2) is 17.7 Å². The van der Waals surface area contributed by atoms with Gasteiger partial charge in [-0.25, -0.2) is 19.9 Å². The second-order valence-corrected chi connectivity index (χ2v) is 9.31. The maximum absolute atomic E-state index is 10.6. The Hall–Kier alpha value is -3.12. The minimum Gasteiger partial charge on any atom is -0.387 e. The van der Waals surface area contributed by atoms with Gasteiger partial charge in [-0.05, 0) is 37.3 Å². The predicted molar refractivity (Wildman–Crippen MR) is 125 cm³/mol. The molecule has 11 heteroatoms. The number of benzene rings is 1. The molecule has 4 heterocycles. The number of aliphatic hydroxyl groups is 2. The number of nitrogen functional groups attached to an aromatic ring is 1. The van der Waals surface area contributed by atoms with Gasteiger partial charge >= 0.3 is 0 Å². The lowest BCUT2D eigenvalue weighted by Gasteiger charge is -2.36. The summed E-state index contributed by atoms with van der Waals surface area (Å²) in [6, 6.07) is 8.48. The third-order valence-electron chi connectivity index (χ3n) is 7.07. The Kier molecular flexibility index (Phi) is 5.41. The van der Waals surface area contributed by atoms with E-state index >= 15 is 0 Å². The molecule has 11 nitrogen and oxygen atoms in total. The van der Waals surface area contributed by atoms with E-state index in [1.54, 1.807) is 4.57 Å². The highest BCUT2D eigenvalue weighted by Crippen LogP contribution is 2.34. The zero-order valence-corrected chi connectivity index (χ0v) is 18.6. The van der Waals surface area contributed by atoms with Gasteiger partial charge in [0.1, 0.15) is 36.0 Å². The summed E-state index contributed by atoms with van der Waals surface area (Å²) < 4.78 is 7.60. The summed E-state index contributed by atoms with van der Waals surface area (Å²) in [5.41, 5.74) is 8.85. The average Bonchev–Trinajstić information content (AvgIpc) is 3.50. The van der Waals surface area contributed by atoms with Crippen LogP contribution in [0, 0.1) is 5.92 Å². The first-order valence-corrected chi connectivity index (χ1v) is 11.7. The number of aromatic nitrogens is 6. The summed E-state index contributed by atoms with van der Waals surface area (Å²) in [4.78, 5) is 20.4. The van der Waals surface area contributed by atoms with E-state index in [0.717, 1.165) is 42.5 Å². The SMILES string of the molecule is Nc1ncnc2c1ncn2C1OC(CNC2CC(CCc3nc4ccccc4[nH]3)C2)C(O)C1O. The lowest BCUT2D eigenvalue weighted by molar-refractivity contribution is -0.0357. The van der Waals surface area contributed by atoms with Gasteiger partial charge in [-0.3, -0.25) is 4.57 Å². The number of imidazole rings is 2. The first kappa shape index (κ1) is 21.4. The number of hydrogen-bond donors (Lipinski definition) is 5. The van der Waals surface area contributed by atoms with E-state index < -0.39 is 24.5 Å². The first-order chi connectivity index (χ1) is 16.6. The molecule has 2 aliphatic rings. The molecule has 178 valence electrons. The molecule has 3 aromatic heterocycles. The summed E-state index contributed by atoms with van der Waals surface area (Å²) in [5.74, 6) is 1.95. The zero-order chi connectivity index (χ0) is 23.2. The Morgan fingerprint density at radius 3 is 2.85 bits per heavy atom. The molecule has 1 aliphatic carbocycles. The molecule has 0 radical (unpaired) electrons. The smallest absolute Gasteiger partial charge is 0.167 e. The number of aliphatic hydroxyl groups excluding tert-OH is 2. The highest BCUT2D eigenvalue weighted by molar-refractivity contribution is 5.81. The van der Waals surface area contributed by atoms with Crippen molar-refractivity contribution in [2.45, 2.75) is 56.3 Å². The van der Waals surface area contributed by atoms with E-state index in [2.05, 4.69) is 36.3 Å². The summed E-state index contributed by atoms with van der Waals surface area (Å²) >= 11 is 0. The van der Waals surface area contributed by atoms with Crippen molar-refractivity contribution in [1.82, 2.24) is 34.8 Å². The van der Waals surface area contributed by atoms with E-state index in [-0.39, 0.29) is 5.82 Å². The first-order valence-electron chi connectivity index (χ1n) is 11.7. The highest BCUT2D eigenvalue weighted by Gasteiger charge is 2.44. The molecule has 2 fully saturated rings. The maximum atomic E-state index is 10.6. The van der Waals surface area contributed by atoms with Crippen LogP contribution in [0.2, 0.25) is 0 Å². The zero-order valence-electron chi connectivity index (χ0n) is 18.6. The number of nitrogens with one attached hydrogen (secondary N) is 2. The van der Waals surface area contributed by atoms with E-state index in [4.69, 9.17) is 10.5 Å². The van der Waals surface area contributed by atoms with Crippen molar-refractivity contribution in [3.63, 3.8) is 0 Å². The van der Waals surface area contributed by atoms with Gasteiger partial charge in [-0.15, -0.1) is 0 Å². The number of aromatic amines is 1. The number of fused-ring (bicyclic) bond motifs is 2. The number of rotatable bonds is 7. The standard InChI is InChI=1S/C23H28N8O3/c24-21-18-22(27-10-26-21)31(11-28-18)23-20(33)19(32)16(34-23)9-25-13-7-12(8-13)5-6-17-29-14-3-1-2-4-15(14)30-17/h1-4,10-13,16,19-20,23,25,32-33H,5-9H2,(H,29,30)(H2,24,26,27). The van der Waals surface area contributed by atoms with E-state index in [0.29, 0.717) is 29.7 Å². The molecule has 4 unspecified atom stereocenters. The summed E-state index contributed by atoms with van der Waals surface area (Å²) in [6.45, 7) is 0.458. The minimum atomic E-state index is -1.10. The Morgan fingerprint density at radius 1 is 1.15 bits per heavy atom. The van der Waals surface area contributed by atoms with Crippen LogP contribution in [-0.2, 0) is 11.2 Å². The Morgan fingerprint density at radius 2 is 2.00 bits per heavy atom. The topological polar surface area (TPSA) is 160 Å². The number of nitrogens with two attached hydrogens (primary N) is 1. The molecular weight excluding hydrogens is 436 g/mol. The summed E-state index contributed by atoms with van der Waals surface area (Å²) in [6.07, 6.45) is 3.60. The third kappa shape index (κ3) is 3.80. The number of anilines is 1. The van der Waals surface area contributed by atoms with Gasteiger partial charge in [0.05, 0.1) is 17.4 Å². The largest absolute Gasteiger partial charge is 0.387 e. The van der Waals surface area contributed by atoms with Crippen molar-refractivity contribution in [3.8, 4) is 0 Å². The molecule has 0 bridgehead atoms. The number of para-hydroxylation sites is 2. The van der Waals surface area contributed by atoms with E-state index in [1.807, 2.05) is 18.2 Å². The summed E-state index contributed by atoms with van der Waals surface area (Å²) in [7, 11) is 0. The lowest BCUT2D eigenvalue weighted by atomic mass is 9.77. The van der Waals surface area contributed by atoms with Crippen LogP contribution in [0.25, 0.3) is 22.2 Å². The Bertz CT molecular complexity index is 1270. The van der Waals surface area contributed by atoms with Gasteiger partial charge in [-0.2, -0.15) is 0 Å². The van der Waals surface area contributed by atoms with E-state index in [1.165, 1.54) is 12.7 Å². The van der Waals surface area contributed by atoms with Gasteiger partial charge in [0, 0.05) is 19.0 Å². The Labute approximate surface area is 195 Å². The van der Waals surface area contributed by atoms with Crippen LogP contribution >= 0.6 is 0 Å². The second-order valence-electron chi connectivity index (χ2n) is 9.31. The molecule has 34 heavy (non-hydrogen) atoms.